The Morgan fingerprint density at radius 1 is 1.24 bits per heavy atom. The van der Waals surface area contributed by atoms with Gasteiger partial charge in [-0.3, -0.25) is 4.90 Å². The van der Waals surface area contributed by atoms with Gasteiger partial charge in [0, 0.05) is 18.0 Å². The molecule has 1 N–H and O–H groups in total. The molecular weight excluding hydrogens is 280 g/mol. The van der Waals surface area contributed by atoms with E-state index in [0.29, 0.717) is 6.04 Å². The molecule has 4 nitrogen and oxygen atoms in total. The SMILES string of the molecule is CCC(C)N(CC)Cc1nc(NC)c2c(C)c(C)sc2n1. The smallest absolute Gasteiger partial charge is 0.146 e. The zero-order valence-corrected chi connectivity index (χ0v) is 14.8. The van der Waals surface area contributed by atoms with E-state index in [4.69, 9.17) is 9.97 Å². The molecule has 2 aromatic rings. The van der Waals surface area contributed by atoms with Crippen molar-refractivity contribution in [2.45, 2.75) is 53.6 Å². The Morgan fingerprint density at radius 3 is 2.52 bits per heavy atom. The number of nitrogens with one attached hydrogen (secondary N) is 1. The van der Waals surface area contributed by atoms with Crippen LogP contribution in [0.25, 0.3) is 10.2 Å². The molecule has 0 aliphatic rings. The van der Waals surface area contributed by atoms with Crippen LogP contribution in [0.5, 0.6) is 0 Å². The van der Waals surface area contributed by atoms with Gasteiger partial charge in [0.2, 0.25) is 0 Å². The van der Waals surface area contributed by atoms with Gasteiger partial charge in [-0.05, 0) is 39.3 Å². The van der Waals surface area contributed by atoms with Crippen LogP contribution in [0.15, 0.2) is 0 Å². The van der Waals surface area contributed by atoms with Gasteiger partial charge in [0.15, 0.2) is 0 Å². The van der Waals surface area contributed by atoms with Crippen LogP contribution in [0.1, 0.15) is 43.5 Å². The molecule has 0 amide bonds. The fourth-order valence-corrected chi connectivity index (χ4v) is 3.61. The maximum Gasteiger partial charge on any atom is 0.146 e. The number of anilines is 1. The van der Waals surface area contributed by atoms with Gasteiger partial charge in [0.25, 0.3) is 0 Å². The van der Waals surface area contributed by atoms with E-state index >= 15 is 0 Å². The lowest BCUT2D eigenvalue weighted by Crippen LogP contribution is -2.32. The van der Waals surface area contributed by atoms with Crippen molar-refractivity contribution in [2.24, 2.45) is 0 Å². The normalized spacial score (nSPS) is 13.1. The van der Waals surface area contributed by atoms with Gasteiger partial charge in [-0.1, -0.05) is 13.8 Å². The summed E-state index contributed by atoms with van der Waals surface area (Å²) in [6, 6.07) is 0.555. The lowest BCUT2D eigenvalue weighted by molar-refractivity contribution is 0.201. The number of hydrogen-bond donors (Lipinski definition) is 1. The Labute approximate surface area is 131 Å². The van der Waals surface area contributed by atoms with E-state index < -0.39 is 0 Å². The van der Waals surface area contributed by atoms with Crippen molar-refractivity contribution in [3.05, 3.63) is 16.3 Å². The third kappa shape index (κ3) is 3.19. The Balaban J connectivity index is 2.41. The Kier molecular flexibility index (Phi) is 5.17. The summed E-state index contributed by atoms with van der Waals surface area (Å²) in [5.41, 5.74) is 1.29. The molecule has 2 aromatic heterocycles. The van der Waals surface area contributed by atoms with Gasteiger partial charge in [-0.15, -0.1) is 11.3 Å². The summed E-state index contributed by atoms with van der Waals surface area (Å²) in [7, 11) is 1.93. The van der Waals surface area contributed by atoms with Crippen molar-refractivity contribution in [3.8, 4) is 0 Å². The lowest BCUT2D eigenvalue weighted by atomic mass is 10.2. The van der Waals surface area contributed by atoms with E-state index in [1.807, 2.05) is 7.05 Å². The predicted molar refractivity (Wildman–Crippen MR) is 92.3 cm³/mol. The van der Waals surface area contributed by atoms with Gasteiger partial charge in [-0.2, -0.15) is 0 Å². The Bertz CT molecular complexity index is 620. The van der Waals surface area contributed by atoms with Crippen molar-refractivity contribution in [1.82, 2.24) is 14.9 Å². The molecule has 0 aromatic carbocycles. The number of fused-ring (bicyclic) bond motifs is 1. The van der Waals surface area contributed by atoms with Crippen molar-refractivity contribution < 1.29 is 0 Å². The zero-order chi connectivity index (χ0) is 15.6. The summed E-state index contributed by atoms with van der Waals surface area (Å²) in [4.78, 5) is 14.4. The molecule has 0 bridgehead atoms. The first-order chi connectivity index (χ1) is 10.0. The highest BCUT2D eigenvalue weighted by Crippen LogP contribution is 2.33. The average molecular weight is 306 g/mol. The second kappa shape index (κ2) is 6.71. The molecule has 116 valence electrons. The van der Waals surface area contributed by atoms with E-state index in [1.165, 1.54) is 15.8 Å². The van der Waals surface area contributed by atoms with Gasteiger partial charge in [0.1, 0.15) is 16.5 Å². The molecule has 2 rings (SSSR count). The van der Waals surface area contributed by atoms with Crippen molar-refractivity contribution in [3.63, 3.8) is 0 Å². The van der Waals surface area contributed by atoms with E-state index in [0.717, 1.165) is 36.0 Å². The maximum absolute atomic E-state index is 4.80. The van der Waals surface area contributed by atoms with Crippen molar-refractivity contribution >= 4 is 27.4 Å². The molecule has 1 atom stereocenters. The third-order valence-electron chi connectivity index (χ3n) is 4.28. The molecule has 21 heavy (non-hydrogen) atoms. The number of aryl methyl sites for hydroxylation is 2. The second-order valence-electron chi connectivity index (χ2n) is 5.52. The number of rotatable bonds is 6. The molecule has 0 radical (unpaired) electrons. The Hall–Kier alpha value is -1.20. The predicted octanol–water partition coefficient (Wildman–Crippen LogP) is 3.97. The minimum atomic E-state index is 0.555. The highest BCUT2D eigenvalue weighted by atomic mass is 32.1. The highest BCUT2D eigenvalue weighted by Gasteiger charge is 2.17. The molecule has 2 heterocycles. The zero-order valence-electron chi connectivity index (χ0n) is 13.9. The van der Waals surface area contributed by atoms with Crippen LogP contribution in [-0.2, 0) is 6.54 Å². The molecule has 5 heteroatoms. The standard InChI is InChI=1S/C16H26N4S/c1-7-10(3)20(8-2)9-13-18-15(17-6)14-11(4)12(5)21-16(14)19-13/h10H,7-9H2,1-6H3,(H,17,18,19). The Morgan fingerprint density at radius 2 is 1.95 bits per heavy atom. The van der Waals surface area contributed by atoms with Crippen LogP contribution >= 0.6 is 11.3 Å². The van der Waals surface area contributed by atoms with Crippen LogP contribution in [0.3, 0.4) is 0 Å². The molecule has 0 fully saturated rings. The first-order valence-electron chi connectivity index (χ1n) is 7.70. The molecule has 0 saturated heterocycles. The first-order valence-corrected chi connectivity index (χ1v) is 8.51. The molecule has 0 saturated carbocycles. The monoisotopic (exact) mass is 306 g/mol. The summed E-state index contributed by atoms with van der Waals surface area (Å²) in [5.74, 6) is 1.87. The summed E-state index contributed by atoms with van der Waals surface area (Å²) in [6.45, 7) is 12.8. The minimum absolute atomic E-state index is 0.555. The summed E-state index contributed by atoms with van der Waals surface area (Å²) >= 11 is 1.76. The first kappa shape index (κ1) is 16.2. The summed E-state index contributed by atoms with van der Waals surface area (Å²) < 4.78 is 0. The van der Waals surface area contributed by atoms with Gasteiger partial charge >= 0.3 is 0 Å². The van der Waals surface area contributed by atoms with Crippen molar-refractivity contribution in [1.29, 1.82) is 0 Å². The van der Waals surface area contributed by atoms with E-state index in [1.54, 1.807) is 11.3 Å². The minimum Gasteiger partial charge on any atom is -0.372 e. The van der Waals surface area contributed by atoms with E-state index in [-0.39, 0.29) is 0 Å². The molecule has 0 aliphatic heterocycles. The summed E-state index contributed by atoms with van der Waals surface area (Å²) in [6.07, 6.45) is 1.15. The molecular formula is C16H26N4S. The van der Waals surface area contributed by atoms with Crippen LogP contribution in [-0.4, -0.2) is 34.5 Å². The number of aromatic nitrogens is 2. The van der Waals surface area contributed by atoms with Gasteiger partial charge < -0.3 is 5.32 Å². The second-order valence-corrected chi connectivity index (χ2v) is 6.73. The number of thiophene rings is 1. The maximum atomic E-state index is 4.80. The van der Waals surface area contributed by atoms with E-state index in [2.05, 4.69) is 44.8 Å². The fourth-order valence-electron chi connectivity index (χ4n) is 2.56. The molecule has 0 aliphatic carbocycles. The lowest BCUT2D eigenvalue weighted by Gasteiger charge is -2.26. The van der Waals surface area contributed by atoms with E-state index in [9.17, 15) is 0 Å². The number of hydrogen-bond acceptors (Lipinski definition) is 5. The molecule has 0 spiro atoms. The van der Waals surface area contributed by atoms with Crippen molar-refractivity contribution in [2.75, 3.05) is 18.9 Å². The van der Waals surface area contributed by atoms with Crippen LogP contribution in [0, 0.1) is 13.8 Å². The van der Waals surface area contributed by atoms with Crippen LogP contribution in [0.4, 0.5) is 5.82 Å². The average Bonchev–Trinajstić information content (AvgIpc) is 2.78. The number of nitrogens with zero attached hydrogens (tertiary/aromatic N) is 3. The molecule has 1 unspecified atom stereocenters. The quantitative estimate of drug-likeness (QED) is 0.876. The third-order valence-corrected chi connectivity index (χ3v) is 5.38. The topological polar surface area (TPSA) is 41.1 Å². The highest BCUT2D eigenvalue weighted by molar-refractivity contribution is 7.18. The largest absolute Gasteiger partial charge is 0.372 e. The van der Waals surface area contributed by atoms with Gasteiger partial charge in [0.05, 0.1) is 11.9 Å². The fraction of sp³-hybridized carbons (Fsp3) is 0.625. The van der Waals surface area contributed by atoms with Crippen LogP contribution in [0.2, 0.25) is 0 Å². The van der Waals surface area contributed by atoms with Gasteiger partial charge in [-0.25, -0.2) is 9.97 Å². The summed E-state index contributed by atoms with van der Waals surface area (Å²) in [5, 5.41) is 4.41. The van der Waals surface area contributed by atoms with Crippen LogP contribution < -0.4 is 5.32 Å².